The molecule has 1 aromatic rings. The summed E-state index contributed by atoms with van der Waals surface area (Å²) in [6.07, 6.45) is 1.46. The van der Waals surface area contributed by atoms with Crippen molar-refractivity contribution in [3.8, 4) is 6.07 Å². The molecule has 1 aliphatic rings. The summed E-state index contributed by atoms with van der Waals surface area (Å²) in [6.45, 7) is 0.517. The fourth-order valence-electron chi connectivity index (χ4n) is 1.97. The zero-order valence-electron chi connectivity index (χ0n) is 8.99. The maximum atomic E-state index is 13.8. The molecule has 0 N–H and O–H groups in total. The number of rotatable bonds is 1. The van der Waals surface area contributed by atoms with Crippen LogP contribution < -0.4 is 0 Å². The van der Waals surface area contributed by atoms with E-state index >= 15 is 0 Å². The SMILES string of the molecule is N#CC1CCCN1C(=O)c1cccc(Br)c1F. The molecule has 0 bridgehead atoms. The van der Waals surface area contributed by atoms with Gasteiger partial charge in [0.25, 0.3) is 5.91 Å². The average molecular weight is 297 g/mol. The van der Waals surface area contributed by atoms with Crippen LogP contribution in [0.5, 0.6) is 0 Å². The molecule has 17 heavy (non-hydrogen) atoms. The molecule has 5 heteroatoms. The van der Waals surface area contributed by atoms with Crippen molar-refractivity contribution in [3.63, 3.8) is 0 Å². The Morgan fingerprint density at radius 3 is 3.06 bits per heavy atom. The summed E-state index contributed by atoms with van der Waals surface area (Å²) >= 11 is 3.04. The molecule has 1 amide bonds. The first-order valence-corrected chi connectivity index (χ1v) is 6.09. The highest BCUT2D eigenvalue weighted by Crippen LogP contribution is 2.24. The largest absolute Gasteiger partial charge is 0.323 e. The second-order valence-corrected chi connectivity index (χ2v) is 4.74. The number of carbonyl (C=O) groups is 1. The van der Waals surface area contributed by atoms with Gasteiger partial charge in [0.15, 0.2) is 0 Å². The zero-order chi connectivity index (χ0) is 12.4. The van der Waals surface area contributed by atoms with E-state index in [9.17, 15) is 9.18 Å². The van der Waals surface area contributed by atoms with E-state index in [4.69, 9.17) is 5.26 Å². The highest BCUT2D eigenvalue weighted by Gasteiger charge is 2.30. The third-order valence-electron chi connectivity index (χ3n) is 2.84. The molecule has 0 aliphatic carbocycles. The maximum absolute atomic E-state index is 13.8. The molecule has 0 radical (unpaired) electrons. The van der Waals surface area contributed by atoms with Crippen LogP contribution in [-0.4, -0.2) is 23.4 Å². The summed E-state index contributed by atoms with van der Waals surface area (Å²) in [4.78, 5) is 13.5. The molecule has 0 saturated carbocycles. The van der Waals surface area contributed by atoms with Gasteiger partial charge in [-0.2, -0.15) is 5.26 Å². The van der Waals surface area contributed by atoms with E-state index in [1.807, 2.05) is 0 Å². The Bertz CT molecular complexity index is 498. The topological polar surface area (TPSA) is 44.1 Å². The monoisotopic (exact) mass is 296 g/mol. The van der Waals surface area contributed by atoms with Gasteiger partial charge >= 0.3 is 0 Å². The molecule has 2 rings (SSSR count). The van der Waals surface area contributed by atoms with E-state index in [0.717, 1.165) is 6.42 Å². The van der Waals surface area contributed by atoms with Gasteiger partial charge < -0.3 is 4.90 Å². The number of hydrogen-bond acceptors (Lipinski definition) is 2. The number of carbonyl (C=O) groups excluding carboxylic acids is 1. The van der Waals surface area contributed by atoms with Crippen LogP contribution in [0.1, 0.15) is 23.2 Å². The van der Waals surface area contributed by atoms with Crippen molar-refractivity contribution in [3.05, 3.63) is 34.1 Å². The summed E-state index contributed by atoms with van der Waals surface area (Å²) in [6, 6.07) is 6.23. The second-order valence-electron chi connectivity index (χ2n) is 3.89. The number of amides is 1. The van der Waals surface area contributed by atoms with E-state index in [1.165, 1.54) is 17.0 Å². The molecule has 0 spiro atoms. The quantitative estimate of drug-likeness (QED) is 0.800. The molecule has 1 saturated heterocycles. The molecular weight excluding hydrogens is 287 g/mol. The fraction of sp³-hybridized carbons (Fsp3) is 0.333. The van der Waals surface area contributed by atoms with E-state index in [2.05, 4.69) is 22.0 Å². The molecular formula is C12H10BrFN2O. The van der Waals surface area contributed by atoms with Gasteiger partial charge in [-0.25, -0.2) is 4.39 Å². The van der Waals surface area contributed by atoms with Crippen molar-refractivity contribution in [1.82, 2.24) is 4.90 Å². The van der Waals surface area contributed by atoms with Crippen molar-refractivity contribution in [2.24, 2.45) is 0 Å². The third-order valence-corrected chi connectivity index (χ3v) is 3.46. The Hall–Kier alpha value is -1.41. The molecule has 88 valence electrons. The van der Waals surface area contributed by atoms with Crippen LogP contribution in [0.25, 0.3) is 0 Å². The van der Waals surface area contributed by atoms with Crippen LogP contribution in [0, 0.1) is 17.1 Å². The van der Waals surface area contributed by atoms with Gasteiger partial charge in [0.2, 0.25) is 0 Å². The average Bonchev–Trinajstić information content (AvgIpc) is 2.80. The molecule has 0 aromatic heterocycles. The summed E-state index contributed by atoms with van der Waals surface area (Å²) in [7, 11) is 0. The standard InChI is InChI=1S/C12H10BrFN2O/c13-10-5-1-4-9(11(10)14)12(17)16-6-2-3-8(16)7-15/h1,4-5,8H,2-3,6H2. The number of halogens is 2. The first-order valence-electron chi connectivity index (χ1n) is 5.29. The van der Waals surface area contributed by atoms with Gasteiger partial charge in [-0.3, -0.25) is 4.79 Å². The summed E-state index contributed by atoms with van der Waals surface area (Å²) < 4.78 is 14.0. The van der Waals surface area contributed by atoms with Gasteiger partial charge in [0, 0.05) is 6.54 Å². The summed E-state index contributed by atoms with van der Waals surface area (Å²) in [5.41, 5.74) is 0.0153. The number of likely N-dealkylation sites (tertiary alicyclic amines) is 1. The smallest absolute Gasteiger partial charge is 0.257 e. The number of nitriles is 1. The first kappa shape index (κ1) is 12.1. The Balaban J connectivity index is 2.32. The molecule has 1 heterocycles. The lowest BCUT2D eigenvalue weighted by Gasteiger charge is -2.19. The van der Waals surface area contributed by atoms with E-state index in [-0.39, 0.29) is 10.0 Å². The van der Waals surface area contributed by atoms with Crippen molar-refractivity contribution in [2.45, 2.75) is 18.9 Å². The normalized spacial score (nSPS) is 19.1. The van der Waals surface area contributed by atoms with Gasteiger partial charge in [-0.1, -0.05) is 6.07 Å². The minimum Gasteiger partial charge on any atom is -0.323 e. The maximum Gasteiger partial charge on any atom is 0.257 e. The summed E-state index contributed by atoms with van der Waals surface area (Å²) in [5, 5.41) is 8.91. The van der Waals surface area contributed by atoms with Crippen LogP contribution in [0.4, 0.5) is 4.39 Å². The van der Waals surface area contributed by atoms with Crippen molar-refractivity contribution in [2.75, 3.05) is 6.54 Å². The first-order chi connectivity index (χ1) is 8.15. The Kier molecular flexibility index (Phi) is 3.43. The molecule has 1 atom stereocenters. The van der Waals surface area contributed by atoms with E-state index < -0.39 is 17.8 Å². The fourth-order valence-corrected chi connectivity index (χ4v) is 2.33. The lowest BCUT2D eigenvalue weighted by Crippen LogP contribution is -2.35. The highest BCUT2D eigenvalue weighted by atomic mass is 79.9. The molecule has 1 aliphatic heterocycles. The van der Waals surface area contributed by atoms with Crippen LogP contribution in [-0.2, 0) is 0 Å². The lowest BCUT2D eigenvalue weighted by atomic mass is 10.1. The van der Waals surface area contributed by atoms with Crippen LogP contribution in [0.2, 0.25) is 0 Å². The van der Waals surface area contributed by atoms with Gasteiger partial charge in [0.05, 0.1) is 16.1 Å². The van der Waals surface area contributed by atoms with Crippen molar-refractivity contribution < 1.29 is 9.18 Å². The van der Waals surface area contributed by atoms with Gasteiger partial charge in [-0.15, -0.1) is 0 Å². The van der Waals surface area contributed by atoms with Crippen molar-refractivity contribution >= 4 is 21.8 Å². The van der Waals surface area contributed by atoms with Crippen LogP contribution in [0.15, 0.2) is 22.7 Å². The van der Waals surface area contributed by atoms with Crippen LogP contribution >= 0.6 is 15.9 Å². The number of hydrogen-bond donors (Lipinski definition) is 0. The highest BCUT2D eigenvalue weighted by molar-refractivity contribution is 9.10. The number of benzene rings is 1. The third kappa shape index (κ3) is 2.18. The predicted molar refractivity (Wildman–Crippen MR) is 63.8 cm³/mol. The molecule has 1 unspecified atom stereocenters. The molecule has 1 aromatic carbocycles. The van der Waals surface area contributed by atoms with Gasteiger partial charge in [0.1, 0.15) is 11.9 Å². The summed E-state index contributed by atoms with van der Waals surface area (Å²) in [5.74, 6) is -0.978. The number of nitrogens with zero attached hydrogens (tertiary/aromatic N) is 2. The molecule has 1 fully saturated rings. The van der Waals surface area contributed by atoms with Gasteiger partial charge in [-0.05, 0) is 40.9 Å². The van der Waals surface area contributed by atoms with Crippen molar-refractivity contribution in [1.29, 1.82) is 5.26 Å². The predicted octanol–water partition coefficient (Wildman–Crippen LogP) is 2.72. The van der Waals surface area contributed by atoms with Crippen LogP contribution in [0.3, 0.4) is 0 Å². The minimum atomic E-state index is -0.568. The Morgan fingerprint density at radius 2 is 2.35 bits per heavy atom. The molecule has 3 nitrogen and oxygen atoms in total. The Labute approximate surface area is 107 Å². The Morgan fingerprint density at radius 1 is 1.59 bits per heavy atom. The zero-order valence-corrected chi connectivity index (χ0v) is 10.6. The lowest BCUT2D eigenvalue weighted by molar-refractivity contribution is 0.0760. The van der Waals surface area contributed by atoms with E-state index in [1.54, 1.807) is 6.07 Å². The minimum absolute atomic E-state index is 0.0153. The van der Waals surface area contributed by atoms with E-state index in [0.29, 0.717) is 13.0 Å². The second kappa shape index (κ2) is 4.84.